The Hall–Kier alpha value is -0.110. The van der Waals surface area contributed by atoms with E-state index in [9.17, 15) is 30.6 Å². The molecule has 150 valence electrons. The summed E-state index contributed by atoms with van der Waals surface area (Å²) < 4.78 is 22.2. The normalized spacial score (nSPS) is 59.4. The Bertz CT molecular complexity index is 537. The minimum atomic E-state index is -1.61. The fourth-order valence-electron chi connectivity index (χ4n) is 4.45. The predicted octanol–water partition coefficient (Wildman–Crippen LogP) is -3.15. The molecule has 6 N–H and O–H groups in total. The first-order valence-corrected chi connectivity index (χ1v) is 8.99. The van der Waals surface area contributed by atoms with Crippen LogP contribution in [0.3, 0.4) is 0 Å². The lowest BCUT2D eigenvalue weighted by Crippen LogP contribution is -2.61. The van der Waals surface area contributed by atoms with Gasteiger partial charge in [0.05, 0.1) is 24.7 Å². The zero-order valence-electron chi connectivity index (χ0n) is 13.7. The van der Waals surface area contributed by atoms with E-state index in [1.54, 1.807) is 0 Å². The second kappa shape index (κ2) is 6.75. The van der Waals surface area contributed by atoms with Gasteiger partial charge in [0.1, 0.15) is 30.0 Å². The number of ether oxygens (including phenoxy) is 4. The third-order valence-corrected chi connectivity index (χ3v) is 6.55. The largest absolute Gasteiger partial charge is 0.394 e. The lowest BCUT2D eigenvalue weighted by molar-refractivity contribution is -0.370. The molecule has 0 aromatic rings. The highest BCUT2D eigenvalue weighted by Crippen LogP contribution is 2.54. The summed E-state index contributed by atoms with van der Waals surface area (Å²) in [5.41, 5.74) is -1.60. The van der Waals surface area contributed by atoms with E-state index in [0.29, 0.717) is 6.42 Å². The summed E-state index contributed by atoms with van der Waals surface area (Å²) in [5.74, 6) is -1.19. The molecule has 0 unspecified atom stereocenters. The highest BCUT2D eigenvalue weighted by atomic mass is 35.5. The second-order valence-corrected chi connectivity index (χ2v) is 7.86. The van der Waals surface area contributed by atoms with Crippen LogP contribution in [-0.2, 0) is 18.9 Å². The van der Waals surface area contributed by atoms with Gasteiger partial charge in [-0.15, -0.1) is 11.6 Å². The molecular formula is C15H23ClO10. The molecule has 4 heterocycles. The molecule has 0 aromatic carbocycles. The summed E-state index contributed by atoms with van der Waals surface area (Å²) >= 11 is 6.22. The van der Waals surface area contributed by atoms with E-state index in [-0.39, 0.29) is 6.61 Å². The summed E-state index contributed by atoms with van der Waals surface area (Å²) in [6, 6.07) is 0. The maximum absolute atomic E-state index is 11.0. The van der Waals surface area contributed by atoms with E-state index in [2.05, 4.69) is 0 Å². The third-order valence-electron chi connectivity index (χ3n) is 5.92. The van der Waals surface area contributed by atoms with Crippen LogP contribution in [0.5, 0.6) is 0 Å². The van der Waals surface area contributed by atoms with Crippen LogP contribution in [0.25, 0.3) is 0 Å². The van der Waals surface area contributed by atoms with Crippen LogP contribution in [0.1, 0.15) is 6.42 Å². The molecule has 0 spiro atoms. The number of hydrogen-bond donors (Lipinski definition) is 6. The Balaban J connectivity index is 1.57. The van der Waals surface area contributed by atoms with Gasteiger partial charge in [-0.1, -0.05) is 0 Å². The van der Waals surface area contributed by atoms with Crippen molar-refractivity contribution in [3.8, 4) is 0 Å². The van der Waals surface area contributed by atoms with Crippen LogP contribution in [-0.4, -0.2) is 104 Å². The first-order valence-electron chi connectivity index (χ1n) is 8.55. The van der Waals surface area contributed by atoms with Crippen molar-refractivity contribution in [1.29, 1.82) is 0 Å². The molecule has 26 heavy (non-hydrogen) atoms. The second-order valence-electron chi connectivity index (χ2n) is 7.39. The van der Waals surface area contributed by atoms with Crippen LogP contribution in [0.2, 0.25) is 0 Å². The van der Waals surface area contributed by atoms with Gasteiger partial charge in [-0.2, -0.15) is 0 Å². The zero-order valence-corrected chi connectivity index (χ0v) is 14.4. The van der Waals surface area contributed by atoms with E-state index < -0.39 is 78.8 Å². The fourth-order valence-corrected chi connectivity index (χ4v) is 4.85. The number of aliphatic hydroxyl groups excluding tert-OH is 5. The van der Waals surface area contributed by atoms with E-state index in [1.807, 2.05) is 0 Å². The summed E-state index contributed by atoms with van der Waals surface area (Å²) in [7, 11) is 0. The quantitative estimate of drug-likeness (QED) is 0.268. The summed E-state index contributed by atoms with van der Waals surface area (Å²) in [5, 5.41) is 59.5. The van der Waals surface area contributed by atoms with Crippen LogP contribution in [0.15, 0.2) is 0 Å². The van der Waals surface area contributed by atoms with E-state index in [4.69, 9.17) is 30.5 Å². The van der Waals surface area contributed by atoms with Crippen molar-refractivity contribution < 1.29 is 49.6 Å². The van der Waals surface area contributed by atoms with E-state index in [0.717, 1.165) is 0 Å². The molecule has 1 saturated carbocycles. The topological polar surface area (TPSA) is 158 Å². The number of hydrogen-bond acceptors (Lipinski definition) is 10. The van der Waals surface area contributed by atoms with Gasteiger partial charge in [-0.05, 0) is 0 Å². The number of fused-ring (bicyclic) bond motifs is 2. The molecule has 0 amide bonds. The zero-order chi connectivity index (χ0) is 18.8. The summed E-state index contributed by atoms with van der Waals surface area (Å²) in [6.07, 6.45) is -9.81. The first kappa shape index (κ1) is 19.2. The molecular weight excluding hydrogens is 376 g/mol. The average molecular weight is 399 g/mol. The van der Waals surface area contributed by atoms with E-state index in [1.165, 1.54) is 0 Å². The highest BCUT2D eigenvalue weighted by Gasteiger charge is 2.67. The molecule has 4 aliphatic heterocycles. The Morgan fingerprint density at radius 2 is 1.73 bits per heavy atom. The van der Waals surface area contributed by atoms with Gasteiger partial charge in [0.2, 0.25) is 0 Å². The van der Waals surface area contributed by atoms with Crippen LogP contribution >= 0.6 is 11.6 Å². The standard InChI is InChI=1S/C15H23ClO10/c16-12-8(18)4-1-6-23-3-15(12,22)7(4)13(25-6)26-14-11(21)10(20)9(19)5(2-17)24-14/h4-14,17-22H,1-3H2/t4-,5-,6-,7-,8+,9-,10+,11+,12-,13+,14+,15-/m1/s1. The van der Waals surface area contributed by atoms with E-state index >= 15 is 0 Å². The average Bonchev–Trinajstić information content (AvgIpc) is 2.77. The molecule has 10 nitrogen and oxygen atoms in total. The first-order chi connectivity index (χ1) is 12.3. The number of rotatable bonds is 3. The molecule has 4 bridgehead atoms. The monoisotopic (exact) mass is 398 g/mol. The smallest absolute Gasteiger partial charge is 0.189 e. The molecule has 11 heteroatoms. The van der Waals surface area contributed by atoms with Gasteiger partial charge in [0.25, 0.3) is 0 Å². The molecule has 0 radical (unpaired) electrons. The van der Waals surface area contributed by atoms with Crippen molar-refractivity contribution in [2.45, 2.75) is 66.8 Å². The van der Waals surface area contributed by atoms with Crippen molar-refractivity contribution in [2.75, 3.05) is 13.2 Å². The van der Waals surface area contributed by atoms with Gasteiger partial charge < -0.3 is 49.6 Å². The van der Waals surface area contributed by atoms with Gasteiger partial charge in [0.15, 0.2) is 18.9 Å². The molecule has 0 aromatic heterocycles. The molecule has 5 aliphatic rings. The summed E-state index contributed by atoms with van der Waals surface area (Å²) in [4.78, 5) is 0. The minimum Gasteiger partial charge on any atom is -0.394 e. The molecule has 5 fully saturated rings. The Labute approximate surface area is 153 Å². The number of aliphatic hydroxyl groups is 6. The Morgan fingerprint density at radius 1 is 1.00 bits per heavy atom. The molecule has 12 atom stereocenters. The molecule has 1 aliphatic carbocycles. The molecule has 4 saturated heterocycles. The van der Waals surface area contributed by atoms with Crippen LogP contribution in [0, 0.1) is 11.8 Å². The third kappa shape index (κ3) is 2.72. The SMILES string of the molecule is OC[C@H]1O[C@@H](O[C@@H]2O[C@@H]3C[C@H]4[C@H](O)[C@@H](Cl)[C@@](O)(CO3)[C@@H]24)[C@@H](O)[C@@H](O)[C@@H]1O. The van der Waals surface area contributed by atoms with Crippen molar-refractivity contribution in [3.63, 3.8) is 0 Å². The van der Waals surface area contributed by atoms with Crippen LogP contribution in [0.4, 0.5) is 0 Å². The van der Waals surface area contributed by atoms with Crippen molar-refractivity contribution >= 4 is 11.6 Å². The lowest BCUT2D eigenvalue weighted by Gasteiger charge is -2.44. The highest BCUT2D eigenvalue weighted by molar-refractivity contribution is 6.22. The lowest BCUT2D eigenvalue weighted by atomic mass is 9.83. The van der Waals surface area contributed by atoms with Crippen molar-refractivity contribution in [1.82, 2.24) is 0 Å². The van der Waals surface area contributed by atoms with Gasteiger partial charge in [-0.3, -0.25) is 0 Å². The maximum atomic E-state index is 11.0. The Kier molecular flexibility index (Phi) is 4.99. The number of halogens is 1. The fraction of sp³-hybridized carbons (Fsp3) is 1.00. The van der Waals surface area contributed by atoms with Crippen LogP contribution < -0.4 is 0 Å². The van der Waals surface area contributed by atoms with Gasteiger partial charge in [-0.25, -0.2) is 0 Å². The van der Waals surface area contributed by atoms with Crippen molar-refractivity contribution in [2.24, 2.45) is 11.8 Å². The van der Waals surface area contributed by atoms with Crippen molar-refractivity contribution in [3.05, 3.63) is 0 Å². The predicted molar refractivity (Wildman–Crippen MR) is 81.7 cm³/mol. The minimum absolute atomic E-state index is 0.140. The Morgan fingerprint density at radius 3 is 2.42 bits per heavy atom. The van der Waals surface area contributed by atoms with Gasteiger partial charge in [0, 0.05) is 18.3 Å². The molecule has 5 rings (SSSR count). The maximum Gasteiger partial charge on any atom is 0.189 e. The van der Waals surface area contributed by atoms with Gasteiger partial charge >= 0.3 is 0 Å². The summed E-state index contributed by atoms with van der Waals surface area (Å²) in [6.45, 7) is -0.737. The number of alkyl halides is 1.